The number of carbonyl (C=O) groups is 3. The SMILES string of the molecule is NC(=O)c1nsc(C(=O)N(c2ccccc2F)[C@@H](C(=O)NC[C@H]2CCCO2)c2c[nH]c3ccccc23)c1N. The van der Waals surface area contributed by atoms with E-state index in [1.165, 1.54) is 18.2 Å². The maximum absolute atomic E-state index is 15.3. The van der Waals surface area contributed by atoms with E-state index < -0.39 is 29.6 Å². The summed E-state index contributed by atoms with van der Waals surface area (Å²) >= 11 is 0.656. The lowest BCUT2D eigenvalue weighted by Crippen LogP contribution is -2.46. The van der Waals surface area contributed by atoms with Gasteiger partial charge < -0.3 is 26.5 Å². The summed E-state index contributed by atoms with van der Waals surface area (Å²) in [6.07, 6.45) is 3.14. The molecule has 3 heterocycles. The van der Waals surface area contributed by atoms with Crippen molar-refractivity contribution < 1.29 is 23.5 Å². The molecule has 0 aliphatic carbocycles. The number of anilines is 2. The van der Waals surface area contributed by atoms with Gasteiger partial charge in [0.25, 0.3) is 11.8 Å². The highest BCUT2D eigenvalue weighted by atomic mass is 32.1. The van der Waals surface area contributed by atoms with Crippen molar-refractivity contribution in [3.63, 3.8) is 0 Å². The van der Waals surface area contributed by atoms with Crippen LogP contribution in [0.25, 0.3) is 10.9 Å². The van der Waals surface area contributed by atoms with Crippen LogP contribution in [0, 0.1) is 5.82 Å². The third-order valence-corrected chi connectivity index (χ3v) is 7.29. The number of carbonyl (C=O) groups excluding carboxylic acids is 3. The molecule has 0 saturated carbocycles. The van der Waals surface area contributed by atoms with Gasteiger partial charge in [0.15, 0.2) is 5.69 Å². The lowest BCUT2D eigenvalue weighted by atomic mass is 10.0. The van der Waals surface area contributed by atoms with Crippen molar-refractivity contribution >= 4 is 51.5 Å². The quantitative estimate of drug-likeness (QED) is 0.271. The number of ether oxygens (including phenoxy) is 1. The van der Waals surface area contributed by atoms with Gasteiger partial charge in [-0.2, -0.15) is 4.37 Å². The van der Waals surface area contributed by atoms with Crippen molar-refractivity contribution in [2.24, 2.45) is 5.73 Å². The fourth-order valence-corrected chi connectivity index (χ4v) is 5.33. The number of nitrogens with zero attached hydrogens (tertiary/aromatic N) is 2. The number of nitrogens with two attached hydrogens (primary N) is 2. The number of amides is 3. The lowest BCUT2D eigenvalue weighted by Gasteiger charge is -2.31. The van der Waals surface area contributed by atoms with Crippen LogP contribution < -0.4 is 21.7 Å². The molecular weight excluding hydrogens is 511 g/mol. The van der Waals surface area contributed by atoms with E-state index in [9.17, 15) is 14.4 Å². The molecule has 0 bridgehead atoms. The van der Waals surface area contributed by atoms with Crippen molar-refractivity contribution in [3.8, 4) is 0 Å². The van der Waals surface area contributed by atoms with Gasteiger partial charge in [-0.1, -0.05) is 30.3 Å². The van der Waals surface area contributed by atoms with Crippen molar-refractivity contribution in [2.45, 2.75) is 25.0 Å². The average Bonchev–Trinajstić information content (AvgIpc) is 3.66. The maximum atomic E-state index is 15.3. The zero-order chi connectivity index (χ0) is 26.8. The van der Waals surface area contributed by atoms with E-state index in [1.54, 1.807) is 24.4 Å². The number of nitrogen functional groups attached to an aromatic ring is 1. The molecule has 5 rings (SSSR count). The van der Waals surface area contributed by atoms with Gasteiger partial charge in [-0.3, -0.25) is 19.3 Å². The molecule has 2 aromatic carbocycles. The Kier molecular flexibility index (Phi) is 7.07. The van der Waals surface area contributed by atoms with Crippen molar-refractivity contribution in [1.82, 2.24) is 14.7 Å². The normalized spacial score (nSPS) is 15.9. The number of primary amides is 1. The van der Waals surface area contributed by atoms with Gasteiger partial charge in [-0.05, 0) is 42.6 Å². The first-order valence-electron chi connectivity index (χ1n) is 11.9. The first kappa shape index (κ1) is 25.4. The van der Waals surface area contributed by atoms with Gasteiger partial charge in [-0.25, -0.2) is 4.39 Å². The summed E-state index contributed by atoms with van der Waals surface area (Å²) in [5.41, 5.74) is 11.9. The van der Waals surface area contributed by atoms with Crippen molar-refractivity contribution in [2.75, 3.05) is 23.8 Å². The molecule has 2 aromatic heterocycles. The number of aromatic amines is 1. The zero-order valence-corrected chi connectivity index (χ0v) is 21.0. The summed E-state index contributed by atoms with van der Waals surface area (Å²) in [5.74, 6) is -2.98. The van der Waals surface area contributed by atoms with E-state index in [0.717, 1.165) is 23.3 Å². The Morgan fingerprint density at radius 3 is 2.68 bits per heavy atom. The van der Waals surface area contributed by atoms with Crippen LogP contribution >= 0.6 is 11.5 Å². The largest absolute Gasteiger partial charge is 0.395 e. The van der Waals surface area contributed by atoms with Crippen LogP contribution in [0.15, 0.2) is 54.7 Å². The van der Waals surface area contributed by atoms with Crippen LogP contribution in [0.5, 0.6) is 0 Å². The molecule has 2 atom stereocenters. The van der Waals surface area contributed by atoms with Gasteiger partial charge in [-0.15, -0.1) is 0 Å². The first-order valence-corrected chi connectivity index (χ1v) is 12.7. The number of para-hydroxylation sites is 2. The molecule has 1 fully saturated rings. The molecule has 0 unspecified atom stereocenters. The molecule has 1 aliphatic heterocycles. The van der Waals surface area contributed by atoms with Crippen LogP contribution in [0.2, 0.25) is 0 Å². The summed E-state index contributed by atoms with van der Waals surface area (Å²) in [6.45, 7) is 0.838. The third kappa shape index (κ3) is 4.71. The number of nitrogens with one attached hydrogen (secondary N) is 2. The second kappa shape index (κ2) is 10.6. The standard InChI is InChI=1S/C26H25FN6O4S/c27-17-8-2-4-10-19(17)33(26(36)23-20(28)21(24(29)34)32-38-23)22(25(35)31-12-14-6-5-11-37-14)16-13-30-18-9-3-1-7-15(16)18/h1-4,7-10,13-14,22,30H,5-6,11-12,28H2,(H2,29,34)(H,31,35)/t14-,22-/m1/s1. The first-order chi connectivity index (χ1) is 18.4. The number of H-pyrrole nitrogens is 1. The summed E-state index contributed by atoms with van der Waals surface area (Å²) in [6, 6.07) is 11.6. The van der Waals surface area contributed by atoms with E-state index in [0.29, 0.717) is 29.1 Å². The topological polar surface area (TPSA) is 156 Å². The van der Waals surface area contributed by atoms with Crippen molar-refractivity contribution in [3.05, 3.63) is 76.7 Å². The van der Waals surface area contributed by atoms with Gasteiger partial charge >= 0.3 is 0 Å². The van der Waals surface area contributed by atoms with Gasteiger partial charge in [0.1, 0.15) is 16.7 Å². The predicted molar refractivity (Wildman–Crippen MR) is 141 cm³/mol. The van der Waals surface area contributed by atoms with Crippen LogP contribution in [0.4, 0.5) is 15.8 Å². The highest BCUT2D eigenvalue weighted by Crippen LogP contribution is 2.36. The molecule has 1 aliphatic rings. The van der Waals surface area contributed by atoms with Crippen LogP contribution in [-0.2, 0) is 9.53 Å². The number of fused-ring (bicyclic) bond motifs is 1. The minimum Gasteiger partial charge on any atom is -0.395 e. The Hall–Kier alpha value is -4.29. The smallest absolute Gasteiger partial charge is 0.273 e. The number of aromatic nitrogens is 2. The number of hydrogen-bond donors (Lipinski definition) is 4. The minimum absolute atomic E-state index is 0.140. The Labute approximate surface area is 220 Å². The van der Waals surface area contributed by atoms with Crippen LogP contribution in [-0.4, -0.2) is 46.3 Å². The van der Waals surface area contributed by atoms with E-state index in [4.69, 9.17) is 16.2 Å². The monoisotopic (exact) mass is 536 g/mol. The summed E-state index contributed by atoms with van der Waals surface area (Å²) in [7, 11) is 0. The fourth-order valence-electron chi connectivity index (χ4n) is 4.59. The van der Waals surface area contributed by atoms with E-state index in [1.807, 2.05) is 12.1 Å². The molecule has 38 heavy (non-hydrogen) atoms. The molecule has 4 aromatic rings. The van der Waals surface area contributed by atoms with E-state index in [-0.39, 0.29) is 34.6 Å². The molecule has 12 heteroatoms. The molecular formula is C26H25FN6O4S. The molecule has 10 nitrogen and oxygen atoms in total. The molecule has 0 spiro atoms. The van der Waals surface area contributed by atoms with Crippen LogP contribution in [0.3, 0.4) is 0 Å². The summed E-state index contributed by atoms with van der Waals surface area (Å²) in [4.78, 5) is 43.7. The highest BCUT2D eigenvalue weighted by molar-refractivity contribution is 7.09. The lowest BCUT2D eigenvalue weighted by molar-refractivity contribution is -0.123. The van der Waals surface area contributed by atoms with Crippen molar-refractivity contribution in [1.29, 1.82) is 0 Å². The predicted octanol–water partition coefficient (Wildman–Crippen LogP) is 3.13. The van der Waals surface area contributed by atoms with Gasteiger partial charge in [0.05, 0.1) is 17.5 Å². The third-order valence-electron chi connectivity index (χ3n) is 6.44. The minimum atomic E-state index is -1.31. The number of hydrogen-bond acceptors (Lipinski definition) is 7. The Bertz CT molecular complexity index is 1510. The summed E-state index contributed by atoms with van der Waals surface area (Å²) in [5, 5.41) is 3.56. The average molecular weight is 537 g/mol. The van der Waals surface area contributed by atoms with E-state index >= 15 is 4.39 Å². The maximum Gasteiger partial charge on any atom is 0.273 e. The number of halogens is 1. The fraction of sp³-hybridized carbons (Fsp3) is 0.231. The molecule has 6 N–H and O–H groups in total. The number of rotatable bonds is 8. The molecule has 3 amide bonds. The van der Waals surface area contributed by atoms with Crippen LogP contribution in [0.1, 0.15) is 44.6 Å². The Balaban J connectivity index is 1.66. The summed E-state index contributed by atoms with van der Waals surface area (Å²) < 4.78 is 24.8. The van der Waals surface area contributed by atoms with Gasteiger partial charge in [0, 0.05) is 35.8 Å². The second-order valence-corrected chi connectivity index (χ2v) is 9.61. The Morgan fingerprint density at radius 2 is 1.97 bits per heavy atom. The molecule has 1 saturated heterocycles. The zero-order valence-electron chi connectivity index (χ0n) is 20.1. The van der Waals surface area contributed by atoms with E-state index in [2.05, 4.69) is 14.7 Å². The van der Waals surface area contributed by atoms with Gasteiger partial charge in [0.2, 0.25) is 5.91 Å². The number of benzene rings is 2. The molecule has 196 valence electrons. The molecule has 0 radical (unpaired) electrons. The highest BCUT2D eigenvalue weighted by Gasteiger charge is 2.38. The second-order valence-electron chi connectivity index (χ2n) is 8.84. The Morgan fingerprint density at radius 1 is 1.21 bits per heavy atom.